The van der Waals surface area contributed by atoms with Crippen molar-refractivity contribution < 1.29 is 4.79 Å². The van der Waals surface area contributed by atoms with E-state index in [1.165, 1.54) is 23.3 Å². The molecule has 1 atom stereocenters. The minimum Gasteiger partial charge on any atom is -0.322 e. The lowest BCUT2D eigenvalue weighted by Crippen LogP contribution is -2.34. The molecule has 1 saturated heterocycles. The van der Waals surface area contributed by atoms with Gasteiger partial charge in [0.1, 0.15) is 6.04 Å². The van der Waals surface area contributed by atoms with Crippen LogP contribution in [0.15, 0.2) is 6.07 Å². The minimum atomic E-state index is -0.211. The number of likely N-dealkylation sites (tertiary alicyclic amines) is 1. The van der Waals surface area contributed by atoms with Crippen molar-refractivity contribution in [3.63, 3.8) is 0 Å². The first-order valence-electron chi connectivity index (χ1n) is 6.62. The Kier molecular flexibility index (Phi) is 3.09. The Labute approximate surface area is 111 Å². The van der Waals surface area contributed by atoms with Crippen LogP contribution in [0.2, 0.25) is 0 Å². The van der Waals surface area contributed by atoms with Gasteiger partial charge in [-0.2, -0.15) is 5.26 Å². The first kappa shape index (κ1) is 11.7. The normalized spacial score (nSPS) is 22.6. The lowest BCUT2D eigenvalue weighted by Gasteiger charge is -2.18. The van der Waals surface area contributed by atoms with E-state index in [1.807, 2.05) is 0 Å². The third-order valence-electron chi connectivity index (χ3n) is 3.87. The van der Waals surface area contributed by atoms with Crippen molar-refractivity contribution in [2.24, 2.45) is 0 Å². The Morgan fingerprint density at radius 3 is 3.00 bits per heavy atom. The Morgan fingerprint density at radius 2 is 2.22 bits per heavy atom. The van der Waals surface area contributed by atoms with E-state index < -0.39 is 0 Å². The molecule has 1 aromatic heterocycles. The summed E-state index contributed by atoms with van der Waals surface area (Å²) in [5.41, 5.74) is 1.36. The van der Waals surface area contributed by atoms with Crippen molar-refractivity contribution in [3.05, 3.63) is 21.4 Å². The van der Waals surface area contributed by atoms with Crippen LogP contribution >= 0.6 is 11.3 Å². The number of carbonyl (C=O) groups is 1. The molecule has 0 N–H and O–H groups in total. The number of nitrogens with zero attached hydrogens (tertiary/aromatic N) is 2. The van der Waals surface area contributed by atoms with Crippen LogP contribution in [0, 0.1) is 11.3 Å². The van der Waals surface area contributed by atoms with Crippen LogP contribution in [0.3, 0.4) is 0 Å². The molecule has 3 rings (SSSR count). The maximum absolute atomic E-state index is 12.4. The molecule has 0 radical (unpaired) electrons. The molecule has 1 aromatic rings. The fourth-order valence-electron chi connectivity index (χ4n) is 2.88. The summed E-state index contributed by atoms with van der Waals surface area (Å²) in [6.45, 7) is 0.736. The number of hydrogen-bond donors (Lipinski definition) is 0. The van der Waals surface area contributed by atoms with Crippen LogP contribution in [0.5, 0.6) is 0 Å². The highest BCUT2D eigenvalue weighted by atomic mass is 32.1. The monoisotopic (exact) mass is 260 g/mol. The summed E-state index contributed by atoms with van der Waals surface area (Å²) in [6.07, 6.45) is 6.49. The molecule has 1 aliphatic carbocycles. The second-order valence-electron chi connectivity index (χ2n) is 5.05. The quantitative estimate of drug-likeness (QED) is 0.779. The van der Waals surface area contributed by atoms with Crippen LogP contribution in [0.1, 0.15) is 45.8 Å². The van der Waals surface area contributed by atoms with E-state index in [2.05, 4.69) is 12.1 Å². The first-order chi connectivity index (χ1) is 8.79. The summed E-state index contributed by atoms with van der Waals surface area (Å²) in [5.74, 6) is 0.0680. The highest BCUT2D eigenvalue weighted by Gasteiger charge is 2.30. The lowest BCUT2D eigenvalue weighted by atomic mass is 9.99. The molecule has 4 heteroatoms. The molecule has 0 saturated carbocycles. The van der Waals surface area contributed by atoms with Gasteiger partial charge in [-0.15, -0.1) is 11.3 Å². The van der Waals surface area contributed by atoms with E-state index in [0.717, 1.165) is 37.1 Å². The topological polar surface area (TPSA) is 44.1 Å². The van der Waals surface area contributed by atoms with Crippen molar-refractivity contribution >= 4 is 17.2 Å². The Balaban J connectivity index is 1.84. The summed E-state index contributed by atoms with van der Waals surface area (Å²) < 4.78 is 0. The van der Waals surface area contributed by atoms with Gasteiger partial charge < -0.3 is 4.90 Å². The number of carbonyl (C=O) groups excluding carboxylic acids is 1. The van der Waals surface area contributed by atoms with Crippen LogP contribution < -0.4 is 0 Å². The zero-order valence-corrected chi connectivity index (χ0v) is 11.1. The summed E-state index contributed by atoms with van der Waals surface area (Å²) >= 11 is 1.64. The smallest absolute Gasteiger partial charge is 0.265 e. The SMILES string of the molecule is N#CC1CCCN1C(=O)c1cc2c(s1)CCCC2. The number of nitriles is 1. The van der Waals surface area contributed by atoms with Gasteiger partial charge in [0.2, 0.25) is 0 Å². The van der Waals surface area contributed by atoms with Crippen molar-refractivity contribution in [1.82, 2.24) is 4.90 Å². The van der Waals surface area contributed by atoms with E-state index in [4.69, 9.17) is 5.26 Å². The molecule has 1 aliphatic heterocycles. The Bertz CT molecular complexity index is 491. The van der Waals surface area contributed by atoms with Gasteiger partial charge in [-0.3, -0.25) is 4.79 Å². The van der Waals surface area contributed by atoms with E-state index >= 15 is 0 Å². The van der Waals surface area contributed by atoms with E-state index in [9.17, 15) is 4.79 Å². The average molecular weight is 260 g/mol. The molecule has 94 valence electrons. The van der Waals surface area contributed by atoms with Gasteiger partial charge in [0.05, 0.1) is 10.9 Å². The number of hydrogen-bond acceptors (Lipinski definition) is 3. The molecule has 0 aromatic carbocycles. The second kappa shape index (κ2) is 4.74. The number of thiophene rings is 1. The van der Waals surface area contributed by atoms with Crippen LogP contribution in [-0.2, 0) is 12.8 Å². The summed E-state index contributed by atoms with van der Waals surface area (Å²) in [5, 5.41) is 9.05. The molecule has 18 heavy (non-hydrogen) atoms. The van der Waals surface area contributed by atoms with Gasteiger partial charge >= 0.3 is 0 Å². The largest absolute Gasteiger partial charge is 0.322 e. The Morgan fingerprint density at radius 1 is 1.39 bits per heavy atom. The maximum Gasteiger partial charge on any atom is 0.265 e. The zero-order valence-electron chi connectivity index (χ0n) is 10.3. The first-order valence-corrected chi connectivity index (χ1v) is 7.43. The van der Waals surface area contributed by atoms with Gasteiger partial charge in [0.25, 0.3) is 5.91 Å². The van der Waals surface area contributed by atoms with Gasteiger partial charge in [-0.25, -0.2) is 0 Å². The van der Waals surface area contributed by atoms with Gasteiger partial charge in [-0.05, 0) is 50.2 Å². The summed E-state index contributed by atoms with van der Waals surface area (Å²) in [6, 6.07) is 4.09. The standard InChI is InChI=1S/C14H16N2OS/c15-9-11-5-3-7-16(11)14(17)13-8-10-4-1-2-6-12(10)18-13/h8,11H,1-7H2. The van der Waals surface area contributed by atoms with Crippen molar-refractivity contribution in [2.75, 3.05) is 6.54 Å². The Hall–Kier alpha value is -1.34. The van der Waals surface area contributed by atoms with E-state index in [0.29, 0.717) is 0 Å². The van der Waals surface area contributed by atoms with E-state index in [1.54, 1.807) is 16.2 Å². The number of rotatable bonds is 1. The van der Waals surface area contributed by atoms with Crippen molar-refractivity contribution in [3.8, 4) is 6.07 Å². The highest BCUT2D eigenvalue weighted by molar-refractivity contribution is 7.14. The highest BCUT2D eigenvalue weighted by Crippen LogP contribution is 2.31. The molecule has 0 bridgehead atoms. The van der Waals surface area contributed by atoms with Crippen molar-refractivity contribution in [2.45, 2.75) is 44.6 Å². The van der Waals surface area contributed by atoms with Crippen LogP contribution in [0.25, 0.3) is 0 Å². The number of aryl methyl sites for hydroxylation is 2. The molecule has 1 amide bonds. The molecular formula is C14H16N2OS. The van der Waals surface area contributed by atoms with Gasteiger partial charge in [0, 0.05) is 11.4 Å². The average Bonchev–Trinajstić information content (AvgIpc) is 3.03. The number of fused-ring (bicyclic) bond motifs is 1. The predicted molar refractivity (Wildman–Crippen MR) is 70.6 cm³/mol. The lowest BCUT2D eigenvalue weighted by molar-refractivity contribution is 0.0769. The molecule has 0 spiro atoms. The van der Waals surface area contributed by atoms with Crippen LogP contribution in [0.4, 0.5) is 0 Å². The number of amides is 1. The summed E-state index contributed by atoms with van der Waals surface area (Å²) in [7, 11) is 0. The minimum absolute atomic E-state index is 0.0680. The maximum atomic E-state index is 12.4. The molecular weight excluding hydrogens is 244 g/mol. The van der Waals surface area contributed by atoms with Gasteiger partial charge in [0.15, 0.2) is 0 Å². The predicted octanol–water partition coefficient (Wildman–Crippen LogP) is 2.76. The third-order valence-corrected chi connectivity index (χ3v) is 5.10. The van der Waals surface area contributed by atoms with Crippen LogP contribution in [-0.4, -0.2) is 23.4 Å². The van der Waals surface area contributed by atoms with Gasteiger partial charge in [-0.1, -0.05) is 0 Å². The molecule has 2 heterocycles. The molecule has 1 unspecified atom stereocenters. The summed E-state index contributed by atoms with van der Waals surface area (Å²) in [4.78, 5) is 16.4. The molecule has 3 nitrogen and oxygen atoms in total. The molecule has 2 aliphatic rings. The fraction of sp³-hybridized carbons (Fsp3) is 0.571. The fourth-order valence-corrected chi connectivity index (χ4v) is 4.09. The second-order valence-corrected chi connectivity index (χ2v) is 6.19. The third kappa shape index (κ3) is 1.93. The molecule has 1 fully saturated rings. The van der Waals surface area contributed by atoms with E-state index in [-0.39, 0.29) is 11.9 Å². The van der Waals surface area contributed by atoms with Crippen molar-refractivity contribution in [1.29, 1.82) is 5.26 Å². The zero-order chi connectivity index (χ0) is 12.5.